The highest BCUT2D eigenvalue weighted by Gasteiger charge is 2.22. The number of sulfonamides is 1. The Morgan fingerprint density at radius 3 is 2.33 bits per heavy atom. The van der Waals surface area contributed by atoms with Crippen LogP contribution in [-0.2, 0) is 14.8 Å². The minimum atomic E-state index is -3.87. The minimum Gasteiger partial charge on any atom is -0.353 e. The van der Waals surface area contributed by atoms with E-state index < -0.39 is 10.0 Å². The van der Waals surface area contributed by atoms with E-state index in [0.717, 1.165) is 25.7 Å². The van der Waals surface area contributed by atoms with Gasteiger partial charge < -0.3 is 11.1 Å². The Hall–Kier alpha value is -0.860. The van der Waals surface area contributed by atoms with Crippen molar-refractivity contribution in [1.29, 1.82) is 0 Å². The number of halogens is 2. The van der Waals surface area contributed by atoms with E-state index >= 15 is 0 Å². The van der Waals surface area contributed by atoms with Gasteiger partial charge in [-0.1, -0.05) is 29.3 Å². The van der Waals surface area contributed by atoms with Crippen LogP contribution in [-0.4, -0.2) is 33.0 Å². The maximum absolute atomic E-state index is 12.3. The van der Waals surface area contributed by atoms with Crippen molar-refractivity contribution in [2.24, 2.45) is 5.73 Å². The Kier molecular flexibility index (Phi) is 6.88. The normalized spacial score (nSPS) is 21.5. The number of carbonyl (C=O) groups is 1. The Balaban J connectivity index is 1.83. The maximum Gasteiger partial charge on any atom is 0.243 e. The molecular formula is C15H21Cl2N3O3S. The summed E-state index contributed by atoms with van der Waals surface area (Å²) in [5.41, 5.74) is 5.82. The average Bonchev–Trinajstić information content (AvgIpc) is 2.49. The zero-order valence-electron chi connectivity index (χ0n) is 13.1. The third kappa shape index (κ3) is 5.32. The molecule has 0 radical (unpaired) electrons. The van der Waals surface area contributed by atoms with Crippen LogP contribution in [0.3, 0.4) is 0 Å². The van der Waals surface area contributed by atoms with Crippen LogP contribution in [0.5, 0.6) is 0 Å². The molecule has 0 bridgehead atoms. The first kappa shape index (κ1) is 19.5. The predicted octanol–water partition coefficient (Wildman–Crippen LogP) is 2.05. The van der Waals surface area contributed by atoms with Gasteiger partial charge in [-0.2, -0.15) is 0 Å². The molecule has 6 nitrogen and oxygen atoms in total. The lowest BCUT2D eigenvalue weighted by molar-refractivity contribution is -0.121. The molecule has 0 heterocycles. The van der Waals surface area contributed by atoms with Gasteiger partial charge in [0, 0.05) is 25.0 Å². The predicted molar refractivity (Wildman–Crippen MR) is 94.6 cm³/mol. The summed E-state index contributed by atoms with van der Waals surface area (Å²) in [6.07, 6.45) is 3.54. The van der Waals surface area contributed by atoms with Crippen LogP contribution in [0.2, 0.25) is 10.0 Å². The summed E-state index contributed by atoms with van der Waals surface area (Å²) in [5, 5.41) is 2.99. The van der Waals surface area contributed by atoms with E-state index in [9.17, 15) is 13.2 Å². The van der Waals surface area contributed by atoms with Gasteiger partial charge in [-0.3, -0.25) is 4.79 Å². The maximum atomic E-state index is 12.3. The molecule has 0 aromatic heterocycles. The number of hydrogen-bond acceptors (Lipinski definition) is 4. The number of nitrogens with one attached hydrogen (secondary N) is 2. The van der Waals surface area contributed by atoms with Crippen LogP contribution in [0.15, 0.2) is 23.1 Å². The quantitative estimate of drug-likeness (QED) is 0.687. The first-order chi connectivity index (χ1) is 11.3. The molecular weight excluding hydrogens is 373 g/mol. The van der Waals surface area contributed by atoms with Crippen molar-refractivity contribution in [1.82, 2.24) is 10.0 Å². The van der Waals surface area contributed by atoms with Gasteiger partial charge in [-0.05, 0) is 37.8 Å². The SMILES string of the molecule is NC1CCC(NC(=O)CCNS(=O)(=O)c2c(Cl)cccc2Cl)CC1. The summed E-state index contributed by atoms with van der Waals surface area (Å²) in [5.74, 6) is -0.191. The zero-order chi connectivity index (χ0) is 17.7. The first-order valence-electron chi connectivity index (χ1n) is 7.78. The lowest BCUT2D eigenvalue weighted by Crippen LogP contribution is -2.41. The number of nitrogens with two attached hydrogens (primary N) is 1. The van der Waals surface area contributed by atoms with Crippen molar-refractivity contribution < 1.29 is 13.2 Å². The number of rotatable bonds is 6. The fraction of sp³-hybridized carbons (Fsp3) is 0.533. The van der Waals surface area contributed by atoms with E-state index in [4.69, 9.17) is 28.9 Å². The fourth-order valence-electron chi connectivity index (χ4n) is 2.67. The highest BCUT2D eigenvalue weighted by molar-refractivity contribution is 7.89. The van der Waals surface area contributed by atoms with E-state index in [1.165, 1.54) is 12.1 Å². The summed E-state index contributed by atoms with van der Waals surface area (Å²) < 4.78 is 26.9. The summed E-state index contributed by atoms with van der Waals surface area (Å²) in [4.78, 5) is 11.7. The molecule has 1 aliphatic rings. The molecule has 1 aromatic rings. The van der Waals surface area contributed by atoms with Crippen molar-refractivity contribution in [3.8, 4) is 0 Å². The summed E-state index contributed by atoms with van der Waals surface area (Å²) in [7, 11) is -3.87. The summed E-state index contributed by atoms with van der Waals surface area (Å²) >= 11 is 11.8. The van der Waals surface area contributed by atoms with E-state index in [1.54, 1.807) is 6.07 Å². The number of amides is 1. The smallest absolute Gasteiger partial charge is 0.243 e. The van der Waals surface area contributed by atoms with Gasteiger partial charge in [0.25, 0.3) is 0 Å². The highest BCUT2D eigenvalue weighted by Crippen LogP contribution is 2.28. The van der Waals surface area contributed by atoms with Gasteiger partial charge in [0.05, 0.1) is 10.0 Å². The second-order valence-electron chi connectivity index (χ2n) is 5.88. The van der Waals surface area contributed by atoms with Gasteiger partial charge >= 0.3 is 0 Å². The highest BCUT2D eigenvalue weighted by atomic mass is 35.5. The molecule has 4 N–H and O–H groups in total. The number of carbonyl (C=O) groups excluding carboxylic acids is 1. The lowest BCUT2D eigenvalue weighted by Gasteiger charge is -2.26. The zero-order valence-corrected chi connectivity index (χ0v) is 15.4. The van der Waals surface area contributed by atoms with Gasteiger partial charge in [0.15, 0.2) is 0 Å². The monoisotopic (exact) mass is 393 g/mol. The fourth-order valence-corrected chi connectivity index (χ4v) is 4.85. The van der Waals surface area contributed by atoms with Crippen molar-refractivity contribution >= 4 is 39.1 Å². The Morgan fingerprint density at radius 2 is 1.75 bits per heavy atom. The average molecular weight is 394 g/mol. The van der Waals surface area contributed by atoms with E-state index in [0.29, 0.717) is 0 Å². The molecule has 0 saturated heterocycles. The van der Waals surface area contributed by atoms with E-state index in [-0.39, 0.29) is 45.9 Å². The first-order valence-corrected chi connectivity index (χ1v) is 10.0. The molecule has 1 amide bonds. The summed E-state index contributed by atoms with van der Waals surface area (Å²) in [6, 6.07) is 4.79. The second-order valence-corrected chi connectivity index (χ2v) is 8.40. The van der Waals surface area contributed by atoms with Crippen LogP contribution in [0.25, 0.3) is 0 Å². The van der Waals surface area contributed by atoms with Crippen LogP contribution in [0.4, 0.5) is 0 Å². The minimum absolute atomic E-state index is 0.0258. The molecule has 134 valence electrons. The van der Waals surface area contributed by atoms with Gasteiger partial charge in [0.2, 0.25) is 15.9 Å². The van der Waals surface area contributed by atoms with Crippen LogP contribution < -0.4 is 15.8 Å². The molecule has 1 aromatic carbocycles. The molecule has 1 saturated carbocycles. The molecule has 1 aliphatic carbocycles. The van der Waals surface area contributed by atoms with E-state index in [1.807, 2.05) is 0 Å². The topological polar surface area (TPSA) is 101 Å². The second kappa shape index (κ2) is 8.49. The Morgan fingerprint density at radius 1 is 1.17 bits per heavy atom. The molecule has 2 rings (SSSR count). The van der Waals surface area contributed by atoms with Crippen molar-refractivity contribution in [3.63, 3.8) is 0 Å². The third-order valence-corrected chi connectivity index (χ3v) is 6.38. The molecule has 0 atom stereocenters. The Bertz CT molecular complexity index is 669. The van der Waals surface area contributed by atoms with Gasteiger partial charge in [0.1, 0.15) is 4.90 Å². The molecule has 0 aliphatic heterocycles. The molecule has 0 spiro atoms. The molecule has 9 heteroatoms. The van der Waals surface area contributed by atoms with Crippen LogP contribution >= 0.6 is 23.2 Å². The third-order valence-electron chi connectivity index (χ3n) is 3.97. The van der Waals surface area contributed by atoms with Crippen molar-refractivity contribution in [2.45, 2.75) is 49.1 Å². The summed E-state index contributed by atoms with van der Waals surface area (Å²) in [6.45, 7) is -0.0258. The standard InChI is InChI=1S/C15H21Cl2N3O3S/c16-12-2-1-3-13(17)15(12)24(22,23)19-9-8-14(21)20-11-6-4-10(18)5-7-11/h1-3,10-11,19H,4-9,18H2,(H,20,21). The van der Waals surface area contributed by atoms with Crippen molar-refractivity contribution in [3.05, 3.63) is 28.2 Å². The van der Waals surface area contributed by atoms with Crippen molar-refractivity contribution in [2.75, 3.05) is 6.54 Å². The van der Waals surface area contributed by atoms with Crippen LogP contribution in [0.1, 0.15) is 32.1 Å². The largest absolute Gasteiger partial charge is 0.353 e. The van der Waals surface area contributed by atoms with Gasteiger partial charge in [-0.25, -0.2) is 13.1 Å². The molecule has 0 unspecified atom stereocenters. The Labute approximate surface area is 152 Å². The number of hydrogen-bond donors (Lipinski definition) is 3. The van der Waals surface area contributed by atoms with E-state index in [2.05, 4.69) is 10.0 Å². The lowest BCUT2D eigenvalue weighted by atomic mass is 9.92. The molecule has 1 fully saturated rings. The number of benzene rings is 1. The molecule has 24 heavy (non-hydrogen) atoms. The van der Waals surface area contributed by atoms with Gasteiger partial charge in [-0.15, -0.1) is 0 Å². The van der Waals surface area contributed by atoms with Crippen LogP contribution in [0, 0.1) is 0 Å².